The van der Waals surface area contributed by atoms with Gasteiger partial charge in [-0.15, -0.1) is 11.8 Å². The summed E-state index contributed by atoms with van der Waals surface area (Å²) < 4.78 is 10.5. The van der Waals surface area contributed by atoms with Crippen molar-refractivity contribution in [3.8, 4) is 0 Å². The van der Waals surface area contributed by atoms with Gasteiger partial charge in [0.2, 0.25) is 5.91 Å². The molecule has 1 aromatic heterocycles. The van der Waals surface area contributed by atoms with Crippen LogP contribution in [0.4, 0.5) is 0 Å². The summed E-state index contributed by atoms with van der Waals surface area (Å²) in [7, 11) is 0. The Morgan fingerprint density at radius 2 is 2.12 bits per heavy atom. The molecule has 2 heterocycles. The van der Waals surface area contributed by atoms with Crippen molar-refractivity contribution in [3.63, 3.8) is 0 Å². The number of carbonyl (C=O) groups excluding carboxylic acids is 3. The van der Waals surface area contributed by atoms with E-state index in [0.717, 1.165) is 0 Å². The molecule has 2 amide bonds. The summed E-state index contributed by atoms with van der Waals surface area (Å²) in [6.07, 6.45) is 1.53. The first-order valence-corrected chi connectivity index (χ1v) is 9.26. The fraction of sp³-hybridized carbons (Fsp3) is 0.588. The lowest BCUT2D eigenvalue weighted by Crippen LogP contribution is -2.44. The van der Waals surface area contributed by atoms with E-state index in [2.05, 4.69) is 5.32 Å². The molecule has 1 saturated heterocycles. The lowest BCUT2D eigenvalue weighted by atomic mass is 10.1. The second kappa shape index (κ2) is 8.42. The van der Waals surface area contributed by atoms with Crippen LogP contribution in [0, 0.1) is 5.92 Å². The number of nitrogens with one attached hydrogen (secondary N) is 1. The maximum absolute atomic E-state index is 12.4. The monoisotopic (exact) mass is 368 g/mol. The van der Waals surface area contributed by atoms with E-state index >= 15 is 0 Å². The van der Waals surface area contributed by atoms with E-state index in [0.29, 0.717) is 11.5 Å². The molecule has 8 heteroatoms. The summed E-state index contributed by atoms with van der Waals surface area (Å²) in [5.74, 6) is 0.119. The van der Waals surface area contributed by atoms with Crippen LogP contribution in [0.1, 0.15) is 38.8 Å². The van der Waals surface area contributed by atoms with Gasteiger partial charge in [0.1, 0.15) is 17.2 Å². The molecular formula is C17H24N2O5S. The van der Waals surface area contributed by atoms with Crippen LogP contribution in [-0.2, 0) is 19.1 Å². The number of hydrogen-bond acceptors (Lipinski definition) is 6. The highest BCUT2D eigenvalue weighted by atomic mass is 32.2. The molecule has 1 aliphatic rings. The standard InChI is InChI=1S/C17H24N2O5S/c1-10(2)11(3)18-15(21)8-24-17(22)13-9-25-16(19(13)12(4)20)14-6-5-7-23-14/h5-7,10-11,13,16H,8-9H2,1-4H3,(H,18,21)/t11-,13-,16+/m0/s1. The topological polar surface area (TPSA) is 88.8 Å². The molecule has 1 aliphatic heterocycles. The first-order chi connectivity index (χ1) is 11.8. The summed E-state index contributed by atoms with van der Waals surface area (Å²) in [5.41, 5.74) is 0. The van der Waals surface area contributed by atoms with E-state index < -0.39 is 12.0 Å². The maximum Gasteiger partial charge on any atom is 0.330 e. The molecule has 1 N–H and O–H groups in total. The van der Waals surface area contributed by atoms with Crippen molar-refractivity contribution in [2.45, 2.75) is 45.2 Å². The Morgan fingerprint density at radius 3 is 2.68 bits per heavy atom. The number of ether oxygens (including phenoxy) is 1. The predicted molar refractivity (Wildman–Crippen MR) is 93.6 cm³/mol. The van der Waals surface area contributed by atoms with Gasteiger partial charge in [0.25, 0.3) is 5.91 Å². The zero-order valence-electron chi connectivity index (χ0n) is 14.9. The maximum atomic E-state index is 12.4. The first-order valence-electron chi connectivity index (χ1n) is 8.21. The molecule has 0 aliphatic carbocycles. The summed E-state index contributed by atoms with van der Waals surface area (Å²) in [5, 5.41) is 2.41. The van der Waals surface area contributed by atoms with E-state index in [9.17, 15) is 14.4 Å². The van der Waals surface area contributed by atoms with Gasteiger partial charge in [0.05, 0.1) is 6.26 Å². The van der Waals surface area contributed by atoms with E-state index in [4.69, 9.17) is 9.15 Å². The molecular weight excluding hydrogens is 344 g/mol. The SMILES string of the molecule is CC(=O)N1[C@@H](c2ccco2)SC[C@H]1C(=O)OCC(=O)N[C@@H](C)C(C)C. The number of furan rings is 1. The Kier molecular flexibility index (Phi) is 6.52. The van der Waals surface area contributed by atoms with Gasteiger partial charge in [-0.1, -0.05) is 13.8 Å². The molecule has 138 valence electrons. The molecule has 0 radical (unpaired) electrons. The summed E-state index contributed by atoms with van der Waals surface area (Å²) in [6.45, 7) is 6.93. The highest BCUT2D eigenvalue weighted by molar-refractivity contribution is 7.99. The van der Waals surface area contributed by atoms with Gasteiger partial charge in [-0.05, 0) is 25.0 Å². The Morgan fingerprint density at radius 1 is 1.40 bits per heavy atom. The van der Waals surface area contributed by atoms with Gasteiger partial charge >= 0.3 is 5.97 Å². The Balaban J connectivity index is 1.94. The third kappa shape index (κ3) is 4.78. The Hall–Kier alpha value is -1.96. The van der Waals surface area contributed by atoms with Gasteiger partial charge in [0, 0.05) is 18.7 Å². The number of thioether (sulfide) groups is 1. The minimum Gasteiger partial charge on any atom is -0.466 e. The Labute approximate surface area is 151 Å². The molecule has 25 heavy (non-hydrogen) atoms. The lowest BCUT2D eigenvalue weighted by Gasteiger charge is -2.25. The first kappa shape index (κ1) is 19.4. The molecule has 7 nitrogen and oxygen atoms in total. The van der Waals surface area contributed by atoms with E-state index in [1.165, 1.54) is 29.8 Å². The van der Waals surface area contributed by atoms with Crippen LogP contribution in [0.3, 0.4) is 0 Å². The highest BCUT2D eigenvalue weighted by Crippen LogP contribution is 2.41. The average Bonchev–Trinajstić information content (AvgIpc) is 3.20. The van der Waals surface area contributed by atoms with Crippen LogP contribution in [-0.4, -0.2) is 47.1 Å². The fourth-order valence-corrected chi connectivity index (χ4v) is 3.83. The van der Waals surface area contributed by atoms with E-state index in [-0.39, 0.29) is 35.8 Å². The molecule has 1 fully saturated rings. The third-order valence-corrected chi connectivity index (χ3v) is 5.44. The van der Waals surface area contributed by atoms with Gasteiger partial charge in [-0.25, -0.2) is 4.79 Å². The molecule has 0 unspecified atom stereocenters. The lowest BCUT2D eigenvalue weighted by molar-refractivity contribution is -0.156. The van der Waals surface area contributed by atoms with Gasteiger partial charge in [-0.3, -0.25) is 9.59 Å². The van der Waals surface area contributed by atoms with Crippen LogP contribution in [0.2, 0.25) is 0 Å². The Bertz CT molecular complexity index is 617. The zero-order chi connectivity index (χ0) is 18.6. The second-order valence-corrected chi connectivity index (χ2v) is 7.46. The molecule has 0 spiro atoms. The average molecular weight is 368 g/mol. The van der Waals surface area contributed by atoms with Gasteiger partial charge < -0.3 is 19.4 Å². The van der Waals surface area contributed by atoms with Crippen molar-refractivity contribution in [2.75, 3.05) is 12.4 Å². The number of carbonyl (C=O) groups is 3. The summed E-state index contributed by atoms with van der Waals surface area (Å²) in [6, 6.07) is 2.76. The molecule has 0 bridgehead atoms. The molecule has 3 atom stereocenters. The smallest absolute Gasteiger partial charge is 0.330 e. The number of esters is 1. The highest BCUT2D eigenvalue weighted by Gasteiger charge is 2.43. The van der Waals surface area contributed by atoms with E-state index in [1.807, 2.05) is 20.8 Å². The van der Waals surface area contributed by atoms with Crippen LogP contribution in [0.15, 0.2) is 22.8 Å². The number of nitrogens with zero attached hydrogens (tertiary/aromatic N) is 1. The van der Waals surface area contributed by atoms with Crippen LogP contribution in [0.25, 0.3) is 0 Å². The normalized spacial score (nSPS) is 21.2. The molecule has 1 aromatic rings. The predicted octanol–water partition coefficient (Wildman–Crippen LogP) is 1.95. The third-order valence-electron chi connectivity index (χ3n) is 4.16. The van der Waals surface area contributed by atoms with Crippen molar-refractivity contribution in [1.29, 1.82) is 0 Å². The largest absolute Gasteiger partial charge is 0.466 e. The zero-order valence-corrected chi connectivity index (χ0v) is 15.7. The number of amides is 2. The summed E-state index contributed by atoms with van der Waals surface area (Å²) in [4.78, 5) is 37.7. The van der Waals surface area contributed by atoms with Crippen LogP contribution >= 0.6 is 11.8 Å². The molecule has 0 aromatic carbocycles. The van der Waals surface area contributed by atoms with Crippen LogP contribution in [0.5, 0.6) is 0 Å². The van der Waals surface area contributed by atoms with Crippen molar-refractivity contribution in [2.24, 2.45) is 5.92 Å². The van der Waals surface area contributed by atoms with Crippen molar-refractivity contribution >= 4 is 29.5 Å². The minimum absolute atomic E-state index is 0.00899. The molecule has 0 saturated carbocycles. The second-order valence-electron chi connectivity index (χ2n) is 6.35. The van der Waals surface area contributed by atoms with Crippen molar-refractivity contribution < 1.29 is 23.5 Å². The van der Waals surface area contributed by atoms with E-state index in [1.54, 1.807) is 12.1 Å². The number of rotatable bonds is 6. The fourth-order valence-electron chi connectivity index (χ4n) is 2.42. The van der Waals surface area contributed by atoms with Gasteiger partial charge in [0.15, 0.2) is 6.61 Å². The van der Waals surface area contributed by atoms with Crippen molar-refractivity contribution in [1.82, 2.24) is 10.2 Å². The number of hydrogen-bond donors (Lipinski definition) is 1. The summed E-state index contributed by atoms with van der Waals surface area (Å²) >= 11 is 1.43. The minimum atomic E-state index is -0.729. The quantitative estimate of drug-likeness (QED) is 0.772. The van der Waals surface area contributed by atoms with Crippen molar-refractivity contribution in [3.05, 3.63) is 24.2 Å². The van der Waals surface area contributed by atoms with Gasteiger partial charge in [-0.2, -0.15) is 0 Å². The van der Waals surface area contributed by atoms with Crippen LogP contribution < -0.4 is 5.32 Å². The molecule has 2 rings (SSSR count).